The number of benzene rings is 3. The lowest BCUT2D eigenvalue weighted by molar-refractivity contribution is -0.149. The lowest BCUT2D eigenvalue weighted by atomic mass is 9.92. The number of nitrogens with zero attached hydrogens (tertiary/aromatic N) is 5. The van der Waals surface area contributed by atoms with E-state index in [4.69, 9.17) is 51.5 Å². The summed E-state index contributed by atoms with van der Waals surface area (Å²) in [5, 5.41) is 61.1. The number of likely N-dealkylation sites (N-methyl/N-ethyl adjacent to an activating group) is 3. The molecule has 41 nitrogen and oxygen atoms in total. The summed E-state index contributed by atoms with van der Waals surface area (Å²) in [7, 11) is 3.94. The van der Waals surface area contributed by atoms with Gasteiger partial charge in [-0.3, -0.25) is 86.9 Å². The first kappa shape index (κ1) is 107. The molecule has 4 aromatic rings. The van der Waals surface area contributed by atoms with Gasteiger partial charge < -0.3 is 121 Å². The van der Waals surface area contributed by atoms with Gasteiger partial charge in [0.2, 0.25) is 94.5 Å². The Hall–Kier alpha value is -11.7. The molecule has 0 aliphatic carbocycles. The minimum absolute atomic E-state index is 0.00476. The maximum Gasteiger partial charge on any atom is 0.246 e. The Morgan fingerprint density at radius 1 is 0.617 bits per heavy atom. The maximum absolute atomic E-state index is 15.8. The summed E-state index contributed by atoms with van der Waals surface area (Å²) in [5.74, 6) is -19.1. The number of fused-ring (bicyclic) bond motifs is 4. The lowest BCUT2D eigenvalue weighted by Gasteiger charge is -2.37. The van der Waals surface area contributed by atoms with Crippen LogP contribution in [0.4, 0.5) is 5.69 Å². The number of aromatic amines is 1. The third kappa shape index (κ3) is 29.9. The number of primary amides is 2. The van der Waals surface area contributed by atoms with Crippen LogP contribution >= 0.6 is 35.0 Å². The van der Waals surface area contributed by atoms with Crippen LogP contribution in [-0.2, 0) is 94.3 Å². The van der Waals surface area contributed by atoms with Gasteiger partial charge in [0.15, 0.2) is 11.7 Å². The summed E-state index contributed by atoms with van der Waals surface area (Å²) in [4.78, 5) is 258. The summed E-state index contributed by atoms with van der Waals surface area (Å²) in [5.41, 5.74) is 25.9. The zero-order chi connectivity index (χ0) is 97.8. The Bertz CT molecular complexity index is 4870. The van der Waals surface area contributed by atoms with Crippen LogP contribution in [0.5, 0.6) is 0 Å². The standard InChI is InChI=1S/C89H128Cl2N22O19S/c1-9-11-24-68-81(125)102-60(23-17-29-97-89(95)96)72(116)35-52(77(121)100-42-74(94)118)45-133-46-75(119)101-63(32-49-27-28-53(90)36-57(49)91)84(128)109(6)48(5)76(120)104-65(38-73(93)117)86(130)112-30-18-26-69(112)82(126)107-66(39-92)79(123)105-62(31-47(3)4)87(131)113-43-54(115)37-71(113)83(127)103-61(33-50-40-98-58-21-15-13-19-55(50)58)78(122)108-67(44-114)80(124)106-64(34-51-41-99-59-22-16-14-20-56(51)59)85(129)111(8)70(25-12-10-2)88(132)110(68)7/h13-16,19-22,27-28,36,40,47-48,51-52,54,60-71,98-99,114-115H,9-12,17-18,23-26,29-35,37-39,41-46,92H2,1-8H3,(H2,93,117)(H2,94,118)(H,100,121)(H,101,119)(H,102,125)(H,103,127)(H,104,120)(H,105,123)(H,106,124)(H,107,126)(H,108,122)(H4,95,96,97)/t48-,51?,52-,54+,60-,61-,62-,63-,64-,65-,66-,67-,68-,69-,70-,71-/m0/s1. The van der Waals surface area contributed by atoms with Gasteiger partial charge in [-0.2, -0.15) is 11.8 Å². The van der Waals surface area contributed by atoms with Crippen LogP contribution in [0.2, 0.25) is 10.0 Å². The van der Waals surface area contributed by atoms with Gasteiger partial charge in [-0.1, -0.05) is 119 Å². The minimum atomic E-state index is -1.87. The van der Waals surface area contributed by atoms with E-state index in [1.54, 1.807) is 50.4 Å². The van der Waals surface area contributed by atoms with E-state index in [9.17, 15) is 53.4 Å². The second-order valence-corrected chi connectivity index (χ2v) is 36.5. The normalized spacial score (nSPS) is 25.9. The number of nitrogens with two attached hydrogens (primary N) is 4. The van der Waals surface area contributed by atoms with Gasteiger partial charge in [-0.05, 0) is 105 Å². The molecule has 3 fully saturated rings. The third-order valence-corrected chi connectivity index (χ3v) is 26.0. The smallest absolute Gasteiger partial charge is 0.246 e. The summed E-state index contributed by atoms with van der Waals surface area (Å²) in [6.45, 7) is 5.79. The number of nitrogens with one attached hydrogen (secondary N) is 13. The van der Waals surface area contributed by atoms with Crippen LogP contribution < -0.4 is 81.4 Å². The van der Waals surface area contributed by atoms with Crippen molar-refractivity contribution >= 4 is 158 Å². The number of amides is 16. The van der Waals surface area contributed by atoms with E-state index < -0.39 is 248 Å². The van der Waals surface area contributed by atoms with Gasteiger partial charge in [-0.15, -0.1) is 0 Å². The molecule has 3 aromatic carbocycles. The number of carbonyl (C=O) groups is 17. The van der Waals surface area contributed by atoms with E-state index in [0.29, 0.717) is 47.7 Å². The minimum Gasteiger partial charge on any atom is -0.394 e. The second-order valence-electron chi connectivity index (χ2n) is 34.6. The first-order valence-corrected chi connectivity index (χ1v) is 46.8. The Labute approximate surface area is 786 Å². The zero-order valence-corrected chi connectivity index (χ0v) is 78.5. The quantitative estimate of drug-likeness (QED) is 0.0207. The molecule has 1 unspecified atom stereocenters. The summed E-state index contributed by atoms with van der Waals surface area (Å²) in [6.07, 6.45) is -0.674. The summed E-state index contributed by atoms with van der Waals surface area (Å²) < 4.78 is 0. The number of ketones is 1. The van der Waals surface area contributed by atoms with Crippen molar-refractivity contribution in [1.29, 1.82) is 5.41 Å². The number of aromatic nitrogens is 1. The first-order valence-electron chi connectivity index (χ1n) is 44.9. The first-order chi connectivity index (χ1) is 63.2. The van der Waals surface area contributed by atoms with Crippen molar-refractivity contribution in [3.05, 3.63) is 99.7 Å². The van der Waals surface area contributed by atoms with Crippen LogP contribution in [0.25, 0.3) is 10.9 Å². The number of thioether (sulfide) groups is 1. The Morgan fingerprint density at radius 2 is 1.22 bits per heavy atom. The van der Waals surface area contributed by atoms with Crippen LogP contribution in [0, 0.1) is 17.2 Å². The van der Waals surface area contributed by atoms with Crippen molar-refractivity contribution in [2.75, 3.05) is 83.8 Å². The zero-order valence-electron chi connectivity index (χ0n) is 76.2. The number of rotatable bonds is 25. The van der Waals surface area contributed by atoms with E-state index >= 15 is 38.4 Å². The SMILES string of the molecule is CCCC[C@H]1C(=O)N(C)[C@@H](CCCC)C(=O)N[C@@H](CCCNC(=N)N)C(=O)C[C@H](C(=O)NCC(N)=O)CSCC(=O)N[C@@H](Cc2ccc(Cl)cc2Cl)C(=O)N(C)[C@@H](C)C(=O)N[C@@H](CC(N)=O)C(=O)N2CCC[C@H]2C(=O)N[C@@H](CN)C(=O)N[C@@H](CC(C)C)C(=O)N2C[C@H](O)C[C@H]2C(=O)N[C@@H](Cc2c[nH]c3ccccc23)C(=O)N[C@@H](CO)C(=O)N[C@@H](CC2CNc3ccccc32)C(=O)N1C. The van der Waals surface area contributed by atoms with Crippen LogP contribution in [0.1, 0.15) is 154 Å². The van der Waals surface area contributed by atoms with Crippen molar-refractivity contribution in [2.45, 2.75) is 234 Å². The maximum atomic E-state index is 15.8. The number of anilines is 1. The number of aliphatic hydroxyl groups is 2. The van der Waals surface area contributed by atoms with Crippen LogP contribution in [-0.4, -0.2) is 309 Å². The van der Waals surface area contributed by atoms with E-state index in [0.717, 1.165) is 37.7 Å². The number of aliphatic hydroxyl groups excluding tert-OH is 2. The van der Waals surface area contributed by atoms with Crippen LogP contribution in [0.3, 0.4) is 0 Å². The van der Waals surface area contributed by atoms with Crippen molar-refractivity contribution in [1.82, 2.24) is 82.7 Å². The fraction of sp³-hybridized carbons (Fsp3) is 0.573. The fourth-order valence-corrected chi connectivity index (χ4v) is 18.3. The number of halogens is 2. The second kappa shape index (κ2) is 50.9. The number of H-pyrrole nitrogens is 1. The van der Waals surface area contributed by atoms with Gasteiger partial charge in [0.05, 0.1) is 43.4 Å². The van der Waals surface area contributed by atoms with E-state index in [2.05, 4.69) is 63.5 Å². The molecule has 16 atom stereocenters. The molecule has 0 saturated carbocycles. The summed E-state index contributed by atoms with van der Waals surface area (Å²) in [6, 6.07) is -1.40. The highest BCUT2D eigenvalue weighted by Crippen LogP contribution is 2.36. The Morgan fingerprint density at radius 3 is 1.89 bits per heavy atom. The molecule has 44 heteroatoms. The predicted molar refractivity (Wildman–Crippen MR) is 496 cm³/mol. The van der Waals surface area contributed by atoms with Crippen molar-refractivity contribution < 1.29 is 91.7 Å². The molecule has 0 spiro atoms. The van der Waals surface area contributed by atoms with E-state index in [1.807, 2.05) is 32.0 Å². The lowest BCUT2D eigenvalue weighted by Crippen LogP contribution is -2.62. The van der Waals surface area contributed by atoms with Crippen molar-refractivity contribution in [3.8, 4) is 0 Å². The number of para-hydroxylation sites is 2. The van der Waals surface area contributed by atoms with E-state index in [-0.39, 0.29) is 112 Å². The molecule has 4 aliphatic heterocycles. The molecule has 23 N–H and O–H groups in total. The van der Waals surface area contributed by atoms with Crippen LogP contribution in [0.15, 0.2) is 72.9 Å². The molecule has 5 heterocycles. The number of hydrogen-bond acceptors (Lipinski definition) is 23. The molecule has 8 rings (SSSR count). The highest BCUT2D eigenvalue weighted by Gasteiger charge is 2.47. The molecule has 4 aliphatic rings. The average molecular weight is 1910 g/mol. The highest BCUT2D eigenvalue weighted by atomic mass is 35.5. The number of Topliss-reactive ketones (excluding diaryl/α,β-unsaturated/α-hetero) is 1. The number of hydrogen-bond donors (Lipinski definition) is 19. The van der Waals surface area contributed by atoms with Gasteiger partial charge >= 0.3 is 0 Å². The molecule has 0 bridgehead atoms. The van der Waals surface area contributed by atoms with Gasteiger partial charge in [0, 0.05) is 124 Å². The van der Waals surface area contributed by atoms with Crippen molar-refractivity contribution in [2.24, 2.45) is 34.8 Å². The molecular weight excluding hydrogens is 1780 g/mol. The average Bonchev–Trinajstić information content (AvgIpc) is 1.74. The highest BCUT2D eigenvalue weighted by molar-refractivity contribution is 7.99. The monoisotopic (exact) mass is 1910 g/mol. The fourth-order valence-electron chi connectivity index (χ4n) is 16.8. The molecule has 3 saturated heterocycles. The molecule has 0 radical (unpaired) electrons. The van der Waals surface area contributed by atoms with Gasteiger partial charge in [-0.25, -0.2) is 0 Å². The Kier molecular flexibility index (Phi) is 40.8. The molecule has 16 amide bonds. The molecule has 1 aromatic heterocycles. The number of unbranched alkanes of at least 4 members (excludes halogenated alkanes) is 2. The molecule has 133 heavy (non-hydrogen) atoms. The van der Waals surface area contributed by atoms with Gasteiger partial charge in [0.25, 0.3) is 0 Å². The molecule has 728 valence electrons. The number of carbonyl (C=O) groups excluding carboxylic acids is 17. The number of guanidine groups is 1. The summed E-state index contributed by atoms with van der Waals surface area (Å²) >= 11 is 13.7. The van der Waals surface area contributed by atoms with Crippen molar-refractivity contribution in [3.63, 3.8) is 0 Å². The van der Waals surface area contributed by atoms with E-state index in [1.165, 1.54) is 56.1 Å². The largest absolute Gasteiger partial charge is 0.394 e. The van der Waals surface area contributed by atoms with Gasteiger partial charge in [0.1, 0.15) is 72.5 Å². The molecular formula is C89H128Cl2N22O19S. The topological polar surface area (TPSA) is 623 Å². The predicted octanol–water partition coefficient (Wildman–Crippen LogP) is -1.37. The Balaban J connectivity index is 1.19. The third-order valence-electron chi connectivity index (χ3n) is 24.3.